The molecular formula is C21H39NO3. The monoisotopic (exact) mass is 353 g/mol. The first kappa shape index (κ1) is 23.7. The number of carboxylic acid groups (broad SMARTS) is 1. The highest BCUT2D eigenvalue weighted by Gasteiger charge is 2.10. The van der Waals surface area contributed by atoms with E-state index in [2.05, 4.69) is 19.1 Å². The van der Waals surface area contributed by atoms with E-state index >= 15 is 0 Å². The van der Waals surface area contributed by atoms with E-state index in [-0.39, 0.29) is 12.5 Å². The Hall–Kier alpha value is -1.32. The van der Waals surface area contributed by atoms with Crippen LogP contribution in [0.3, 0.4) is 0 Å². The van der Waals surface area contributed by atoms with Crippen molar-refractivity contribution in [3.05, 3.63) is 12.2 Å². The van der Waals surface area contributed by atoms with Gasteiger partial charge in [0.05, 0.1) is 0 Å². The quantitative estimate of drug-likeness (QED) is 0.275. The molecule has 0 aliphatic rings. The summed E-state index contributed by atoms with van der Waals surface area (Å²) < 4.78 is 0. The number of amides is 1. The second-order valence-corrected chi connectivity index (χ2v) is 6.98. The van der Waals surface area contributed by atoms with Crippen LogP contribution in [-0.4, -0.2) is 35.5 Å². The Balaban J connectivity index is 3.31. The third-order valence-electron chi connectivity index (χ3n) is 4.45. The number of hydrogen-bond donors (Lipinski definition) is 1. The van der Waals surface area contributed by atoms with Gasteiger partial charge in [0.15, 0.2) is 0 Å². The molecule has 0 aromatic rings. The molecule has 0 bridgehead atoms. The summed E-state index contributed by atoms with van der Waals surface area (Å²) in [5.41, 5.74) is 0. The van der Waals surface area contributed by atoms with Crippen molar-refractivity contribution in [2.45, 2.75) is 96.8 Å². The minimum Gasteiger partial charge on any atom is -0.480 e. The summed E-state index contributed by atoms with van der Waals surface area (Å²) in [5, 5.41) is 8.64. The first-order valence-corrected chi connectivity index (χ1v) is 10.2. The van der Waals surface area contributed by atoms with Gasteiger partial charge in [-0.2, -0.15) is 0 Å². The fourth-order valence-electron chi connectivity index (χ4n) is 2.83. The molecule has 0 radical (unpaired) electrons. The molecule has 0 unspecified atom stereocenters. The Kier molecular flexibility index (Phi) is 16.6. The van der Waals surface area contributed by atoms with E-state index in [4.69, 9.17) is 5.11 Å². The molecule has 0 aromatic heterocycles. The number of carbonyl (C=O) groups is 2. The van der Waals surface area contributed by atoms with Gasteiger partial charge in [0, 0.05) is 13.5 Å². The predicted octanol–water partition coefficient (Wildman–Crippen LogP) is 5.57. The number of unbranched alkanes of at least 4 members (excludes halogenated alkanes) is 11. The van der Waals surface area contributed by atoms with Gasteiger partial charge < -0.3 is 10.0 Å². The fourth-order valence-corrected chi connectivity index (χ4v) is 2.83. The third-order valence-corrected chi connectivity index (χ3v) is 4.45. The topological polar surface area (TPSA) is 57.6 Å². The summed E-state index contributed by atoms with van der Waals surface area (Å²) >= 11 is 0. The second-order valence-electron chi connectivity index (χ2n) is 6.98. The van der Waals surface area contributed by atoms with Crippen LogP contribution in [0.4, 0.5) is 0 Å². The minimum atomic E-state index is -0.958. The van der Waals surface area contributed by atoms with Crippen LogP contribution in [0.25, 0.3) is 0 Å². The maximum absolute atomic E-state index is 11.7. The molecule has 0 aromatic carbocycles. The molecule has 0 aliphatic carbocycles. The molecule has 0 atom stereocenters. The summed E-state index contributed by atoms with van der Waals surface area (Å²) in [6.07, 6.45) is 21.1. The summed E-state index contributed by atoms with van der Waals surface area (Å²) in [7, 11) is 1.55. The van der Waals surface area contributed by atoms with Gasteiger partial charge in [0.25, 0.3) is 0 Å². The third kappa shape index (κ3) is 17.3. The molecule has 1 amide bonds. The van der Waals surface area contributed by atoms with Crippen molar-refractivity contribution < 1.29 is 14.7 Å². The van der Waals surface area contributed by atoms with E-state index in [1.54, 1.807) is 7.05 Å². The predicted molar refractivity (Wildman–Crippen MR) is 105 cm³/mol. The van der Waals surface area contributed by atoms with Crippen molar-refractivity contribution in [2.75, 3.05) is 13.6 Å². The van der Waals surface area contributed by atoms with Gasteiger partial charge in [0.2, 0.25) is 5.91 Å². The second kappa shape index (κ2) is 17.5. The standard InChI is InChI=1S/C21H39NO3/c1-3-4-5-6-7-8-9-10-11-12-13-14-15-16-17-18-20(23)22(2)19-21(24)25/h10-11H,3-9,12-19H2,1-2H3,(H,24,25). The Morgan fingerprint density at radius 1 is 0.800 bits per heavy atom. The zero-order valence-electron chi connectivity index (χ0n) is 16.5. The first-order chi connectivity index (χ1) is 12.1. The van der Waals surface area contributed by atoms with Crippen molar-refractivity contribution in [3.63, 3.8) is 0 Å². The van der Waals surface area contributed by atoms with Crippen LogP contribution in [0.5, 0.6) is 0 Å². The molecule has 0 saturated heterocycles. The number of allylic oxidation sites excluding steroid dienone is 2. The van der Waals surface area contributed by atoms with Crippen LogP contribution in [0.1, 0.15) is 96.8 Å². The summed E-state index contributed by atoms with van der Waals surface area (Å²) in [4.78, 5) is 23.5. The lowest BCUT2D eigenvalue weighted by Gasteiger charge is -2.14. The van der Waals surface area contributed by atoms with Gasteiger partial charge in [-0.3, -0.25) is 9.59 Å². The number of hydrogen-bond acceptors (Lipinski definition) is 2. The number of carboxylic acids is 1. The Labute approximate surface area is 154 Å². The highest BCUT2D eigenvalue weighted by molar-refractivity contribution is 5.80. The Morgan fingerprint density at radius 2 is 1.28 bits per heavy atom. The zero-order chi connectivity index (χ0) is 18.8. The van der Waals surface area contributed by atoms with Crippen molar-refractivity contribution >= 4 is 11.9 Å². The summed E-state index contributed by atoms with van der Waals surface area (Å²) in [5.74, 6) is -1.03. The van der Waals surface area contributed by atoms with Crippen molar-refractivity contribution in [2.24, 2.45) is 0 Å². The molecule has 0 aliphatic heterocycles. The van der Waals surface area contributed by atoms with Gasteiger partial charge in [-0.1, -0.05) is 70.4 Å². The number of aliphatic carboxylic acids is 1. The Morgan fingerprint density at radius 3 is 1.80 bits per heavy atom. The van der Waals surface area contributed by atoms with E-state index in [0.717, 1.165) is 25.7 Å². The van der Waals surface area contributed by atoms with E-state index in [0.29, 0.717) is 6.42 Å². The van der Waals surface area contributed by atoms with Gasteiger partial charge in [-0.15, -0.1) is 0 Å². The lowest BCUT2D eigenvalue weighted by Crippen LogP contribution is -2.31. The van der Waals surface area contributed by atoms with Crippen LogP contribution in [-0.2, 0) is 9.59 Å². The molecule has 0 spiro atoms. The number of rotatable bonds is 17. The maximum Gasteiger partial charge on any atom is 0.323 e. The summed E-state index contributed by atoms with van der Waals surface area (Å²) in [6, 6.07) is 0. The highest BCUT2D eigenvalue weighted by Crippen LogP contribution is 2.10. The molecule has 0 rings (SSSR count). The molecular weight excluding hydrogens is 314 g/mol. The molecule has 0 saturated carbocycles. The van der Waals surface area contributed by atoms with Gasteiger partial charge >= 0.3 is 5.97 Å². The summed E-state index contributed by atoms with van der Waals surface area (Å²) in [6.45, 7) is 2.05. The Bertz CT molecular complexity index is 366. The van der Waals surface area contributed by atoms with Crippen LogP contribution in [0, 0.1) is 0 Å². The lowest BCUT2D eigenvalue weighted by atomic mass is 10.1. The minimum absolute atomic E-state index is 0.0694. The average Bonchev–Trinajstić information content (AvgIpc) is 2.57. The van der Waals surface area contributed by atoms with Crippen molar-refractivity contribution in [3.8, 4) is 0 Å². The van der Waals surface area contributed by atoms with E-state index in [9.17, 15) is 9.59 Å². The molecule has 4 nitrogen and oxygen atoms in total. The van der Waals surface area contributed by atoms with Gasteiger partial charge in [0.1, 0.15) is 6.54 Å². The highest BCUT2D eigenvalue weighted by atomic mass is 16.4. The van der Waals surface area contributed by atoms with E-state index < -0.39 is 5.97 Å². The number of likely N-dealkylation sites (N-methyl/N-ethyl adjacent to an activating group) is 1. The van der Waals surface area contributed by atoms with Gasteiger partial charge in [-0.05, 0) is 32.1 Å². The van der Waals surface area contributed by atoms with Crippen LogP contribution < -0.4 is 0 Å². The van der Waals surface area contributed by atoms with Crippen LogP contribution >= 0.6 is 0 Å². The molecule has 25 heavy (non-hydrogen) atoms. The average molecular weight is 354 g/mol. The number of carbonyl (C=O) groups excluding carboxylic acids is 1. The normalized spacial score (nSPS) is 11.1. The molecule has 0 fully saturated rings. The zero-order valence-corrected chi connectivity index (χ0v) is 16.5. The number of nitrogens with zero attached hydrogens (tertiary/aromatic N) is 1. The van der Waals surface area contributed by atoms with E-state index in [1.807, 2.05) is 0 Å². The van der Waals surface area contributed by atoms with E-state index in [1.165, 1.54) is 62.7 Å². The largest absolute Gasteiger partial charge is 0.480 e. The van der Waals surface area contributed by atoms with Crippen LogP contribution in [0.2, 0.25) is 0 Å². The smallest absolute Gasteiger partial charge is 0.323 e. The van der Waals surface area contributed by atoms with Crippen molar-refractivity contribution in [1.29, 1.82) is 0 Å². The van der Waals surface area contributed by atoms with Gasteiger partial charge in [-0.25, -0.2) is 0 Å². The molecule has 4 heteroatoms. The fraction of sp³-hybridized carbons (Fsp3) is 0.810. The maximum atomic E-state index is 11.7. The van der Waals surface area contributed by atoms with Crippen molar-refractivity contribution in [1.82, 2.24) is 4.90 Å². The molecule has 0 heterocycles. The van der Waals surface area contributed by atoms with Crippen LogP contribution in [0.15, 0.2) is 12.2 Å². The molecule has 1 N–H and O–H groups in total. The molecule has 146 valence electrons. The first-order valence-electron chi connectivity index (χ1n) is 10.2. The lowest BCUT2D eigenvalue weighted by molar-refractivity contribution is -0.143. The SMILES string of the molecule is CCCCCCCCC=CCCCCCCCC(=O)N(C)CC(=O)O.